The Morgan fingerprint density at radius 2 is 1.81 bits per heavy atom. The summed E-state index contributed by atoms with van der Waals surface area (Å²) in [5.74, 6) is 0.494. The number of aromatic nitrogens is 3. The maximum atomic E-state index is 13.0. The third-order valence-corrected chi connectivity index (χ3v) is 4.10. The molecule has 7 nitrogen and oxygen atoms in total. The molecule has 0 N–H and O–H groups in total. The monoisotopic (exact) mass is 364 g/mol. The molecule has 2 aromatic heterocycles. The van der Waals surface area contributed by atoms with E-state index in [0.717, 1.165) is 21.6 Å². The van der Waals surface area contributed by atoms with E-state index in [9.17, 15) is 9.59 Å². The highest BCUT2D eigenvalue weighted by Crippen LogP contribution is 2.16. The Morgan fingerprint density at radius 1 is 1.07 bits per heavy atom. The SMILES string of the molecule is COc1ccc(CN(Cc2cccnc2)C(=O)c2ccc(=O)n(C)n2)cc1. The number of hydrogen-bond acceptors (Lipinski definition) is 5. The summed E-state index contributed by atoms with van der Waals surface area (Å²) in [6.07, 6.45) is 3.41. The highest BCUT2D eigenvalue weighted by Gasteiger charge is 2.19. The number of rotatable bonds is 6. The van der Waals surface area contributed by atoms with Gasteiger partial charge in [0, 0.05) is 38.6 Å². The summed E-state index contributed by atoms with van der Waals surface area (Å²) in [6, 6.07) is 14.1. The minimum Gasteiger partial charge on any atom is -0.497 e. The summed E-state index contributed by atoms with van der Waals surface area (Å²) in [5, 5.41) is 4.08. The fraction of sp³-hybridized carbons (Fsp3) is 0.200. The van der Waals surface area contributed by atoms with Crippen molar-refractivity contribution in [2.75, 3.05) is 7.11 Å². The van der Waals surface area contributed by atoms with Crippen LogP contribution in [0.5, 0.6) is 5.75 Å². The minimum atomic E-state index is -0.263. The second kappa shape index (κ2) is 8.27. The molecule has 0 aliphatic rings. The van der Waals surface area contributed by atoms with Gasteiger partial charge in [-0.15, -0.1) is 0 Å². The molecule has 0 unspecified atom stereocenters. The summed E-state index contributed by atoms with van der Waals surface area (Å²) in [7, 11) is 3.13. The molecule has 2 heterocycles. The molecule has 0 atom stereocenters. The molecule has 0 aliphatic carbocycles. The van der Waals surface area contributed by atoms with Crippen molar-refractivity contribution in [1.29, 1.82) is 0 Å². The van der Waals surface area contributed by atoms with Crippen molar-refractivity contribution in [3.05, 3.63) is 88.1 Å². The first-order chi connectivity index (χ1) is 13.1. The normalized spacial score (nSPS) is 10.4. The van der Waals surface area contributed by atoms with Crippen molar-refractivity contribution >= 4 is 5.91 Å². The van der Waals surface area contributed by atoms with Crippen LogP contribution in [-0.4, -0.2) is 32.7 Å². The van der Waals surface area contributed by atoms with E-state index in [4.69, 9.17) is 4.74 Å². The quantitative estimate of drug-likeness (QED) is 0.669. The third-order valence-electron chi connectivity index (χ3n) is 4.10. The molecule has 3 aromatic rings. The van der Waals surface area contributed by atoms with Crippen molar-refractivity contribution in [1.82, 2.24) is 19.7 Å². The Balaban J connectivity index is 1.88. The van der Waals surface area contributed by atoms with Crippen LogP contribution in [-0.2, 0) is 20.1 Å². The summed E-state index contributed by atoms with van der Waals surface area (Å²) in [6.45, 7) is 0.769. The Bertz CT molecular complexity index is 969. The molecule has 0 fully saturated rings. The van der Waals surface area contributed by atoms with Crippen LogP contribution < -0.4 is 10.3 Å². The molecule has 138 valence electrons. The molecule has 0 saturated carbocycles. The molecule has 7 heteroatoms. The number of methoxy groups -OCH3 is 1. The smallest absolute Gasteiger partial charge is 0.274 e. The predicted molar refractivity (Wildman–Crippen MR) is 100 cm³/mol. The summed E-state index contributed by atoms with van der Waals surface area (Å²) in [5.41, 5.74) is 1.82. The average molecular weight is 364 g/mol. The van der Waals surface area contributed by atoms with Gasteiger partial charge in [-0.2, -0.15) is 5.10 Å². The Kier molecular flexibility index (Phi) is 5.61. The first kappa shape index (κ1) is 18.3. The lowest BCUT2D eigenvalue weighted by molar-refractivity contribution is 0.0721. The molecule has 3 rings (SSSR count). The fourth-order valence-corrected chi connectivity index (χ4v) is 2.64. The lowest BCUT2D eigenvalue weighted by Crippen LogP contribution is -2.32. The Morgan fingerprint density at radius 3 is 2.44 bits per heavy atom. The Labute approximate surface area is 156 Å². The first-order valence-corrected chi connectivity index (χ1v) is 8.42. The van der Waals surface area contributed by atoms with E-state index in [1.165, 1.54) is 19.2 Å². The van der Waals surface area contributed by atoms with E-state index in [2.05, 4.69) is 10.1 Å². The van der Waals surface area contributed by atoms with Crippen molar-refractivity contribution in [2.24, 2.45) is 7.05 Å². The lowest BCUT2D eigenvalue weighted by Gasteiger charge is -2.23. The zero-order valence-electron chi connectivity index (χ0n) is 15.2. The lowest BCUT2D eigenvalue weighted by atomic mass is 10.1. The van der Waals surface area contributed by atoms with E-state index in [1.54, 1.807) is 24.4 Å². The van der Waals surface area contributed by atoms with Gasteiger partial charge < -0.3 is 9.64 Å². The van der Waals surface area contributed by atoms with Crippen LogP contribution in [0.25, 0.3) is 0 Å². The van der Waals surface area contributed by atoms with E-state index < -0.39 is 0 Å². The zero-order chi connectivity index (χ0) is 19.2. The van der Waals surface area contributed by atoms with Crippen LogP contribution >= 0.6 is 0 Å². The third kappa shape index (κ3) is 4.58. The summed E-state index contributed by atoms with van der Waals surface area (Å²) in [4.78, 5) is 30.4. The average Bonchev–Trinajstić information content (AvgIpc) is 2.70. The number of aryl methyl sites for hydroxylation is 1. The van der Waals surface area contributed by atoms with Gasteiger partial charge in [0.25, 0.3) is 11.5 Å². The maximum absolute atomic E-state index is 13.0. The second-order valence-electron chi connectivity index (χ2n) is 6.05. The number of hydrogen-bond donors (Lipinski definition) is 0. The molecule has 1 aromatic carbocycles. The standard InChI is InChI=1S/C20H20N4O3/c1-23-19(25)10-9-18(22-23)20(26)24(14-16-4-3-11-21-12-16)13-15-5-7-17(27-2)8-6-15/h3-12H,13-14H2,1-2H3. The number of benzene rings is 1. The van der Waals surface area contributed by atoms with Crippen LogP contribution in [0.4, 0.5) is 0 Å². The van der Waals surface area contributed by atoms with Crippen LogP contribution in [0, 0.1) is 0 Å². The highest BCUT2D eigenvalue weighted by atomic mass is 16.5. The van der Waals surface area contributed by atoms with Gasteiger partial charge in [-0.3, -0.25) is 14.6 Å². The van der Waals surface area contributed by atoms with Crippen molar-refractivity contribution in [2.45, 2.75) is 13.1 Å². The van der Waals surface area contributed by atoms with E-state index in [0.29, 0.717) is 13.1 Å². The summed E-state index contributed by atoms with van der Waals surface area (Å²) < 4.78 is 6.34. The van der Waals surface area contributed by atoms with Gasteiger partial charge in [-0.25, -0.2) is 4.68 Å². The molecular formula is C20H20N4O3. The molecule has 0 aliphatic heterocycles. The fourth-order valence-electron chi connectivity index (χ4n) is 2.64. The van der Waals surface area contributed by atoms with Crippen LogP contribution in [0.3, 0.4) is 0 Å². The van der Waals surface area contributed by atoms with Gasteiger partial charge in [0.2, 0.25) is 0 Å². The first-order valence-electron chi connectivity index (χ1n) is 8.42. The minimum absolute atomic E-state index is 0.217. The van der Waals surface area contributed by atoms with Gasteiger partial charge in [-0.1, -0.05) is 18.2 Å². The number of nitrogens with zero attached hydrogens (tertiary/aromatic N) is 4. The Hall–Kier alpha value is -3.48. The highest BCUT2D eigenvalue weighted by molar-refractivity contribution is 5.92. The largest absolute Gasteiger partial charge is 0.497 e. The molecule has 0 bridgehead atoms. The molecule has 1 amide bonds. The maximum Gasteiger partial charge on any atom is 0.274 e. The number of carbonyl (C=O) groups is 1. The summed E-state index contributed by atoms with van der Waals surface area (Å²) >= 11 is 0. The molecule has 27 heavy (non-hydrogen) atoms. The molecular weight excluding hydrogens is 344 g/mol. The van der Waals surface area contributed by atoms with Gasteiger partial charge in [0.05, 0.1) is 7.11 Å². The van der Waals surface area contributed by atoms with Crippen LogP contribution in [0.1, 0.15) is 21.6 Å². The number of carbonyl (C=O) groups excluding carboxylic acids is 1. The second-order valence-corrected chi connectivity index (χ2v) is 6.05. The van der Waals surface area contributed by atoms with Gasteiger partial charge in [-0.05, 0) is 35.4 Å². The van der Waals surface area contributed by atoms with Crippen LogP contribution in [0.15, 0.2) is 65.7 Å². The number of pyridine rings is 1. The van der Waals surface area contributed by atoms with E-state index >= 15 is 0 Å². The predicted octanol–water partition coefficient (Wildman–Crippen LogP) is 2.03. The van der Waals surface area contributed by atoms with E-state index in [1.807, 2.05) is 36.4 Å². The van der Waals surface area contributed by atoms with Crippen molar-refractivity contribution < 1.29 is 9.53 Å². The number of amides is 1. The van der Waals surface area contributed by atoms with Gasteiger partial charge in [0.1, 0.15) is 11.4 Å². The van der Waals surface area contributed by atoms with Crippen LogP contribution in [0.2, 0.25) is 0 Å². The number of ether oxygens (including phenoxy) is 1. The van der Waals surface area contributed by atoms with Crippen molar-refractivity contribution in [3.63, 3.8) is 0 Å². The molecule has 0 radical (unpaired) electrons. The molecule has 0 saturated heterocycles. The van der Waals surface area contributed by atoms with Gasteiger partial charge >= 0.3 is 0 Å². The molecule has 0 spiro atoms. The van der Waals surface area contributed by atoms with Crippen molar-refractivity contribution in [3.8, 4) is 5.75 Å². The topological polar surface area (TPSA) is 77.3 Å². The van der Waals surface area contributed by atoms with Gasteiger partial charge in [0.15, 0.2) is 0 Å². The van der Waals surface area contributed by atoms with E-state index in [-0.39, 0.29) is 17.2 Å². The zero-order valence-corrected chi connectivity index (χ0v) is 15.2.